The Morgan fingerprint density at radius 3 is 2.47 bits per heavy atom. The highest BCUT2D eigenvalue weighted by Gasteiger charge is 2.08. The molecule has 5 heteroatoms. The number of aryl methyl sites for hydroxylation is 1. The van der Waals surface area contributed by atoms with Gasteiger partial charge in [0.1, 0.15) is 5.82 Å². The maximum absolute atomic E-state index is 5.67. The van der Waals surface area contributed by atoms with E-state index >= 15 is 0 Å². The second-order valence-corrected chi connectivity index (χ2v) is 5.18. The normalized spacial score (nSPS) is 10.6. The van der Waals surface area contributed by atoms with Crippen molar-refractivity contribution in [3.8, 4) is 21.8 Å². The van der Waals surface area contributed by atoms with Crippen molar-refractivity contribution in [2.75, 3.05) is 5.73 Å². The zero-order valence-corrected chi connectivity index (χ0v) is 11.2. The van der Waals surface area contributed by atoms with Gasteiger partial charge in [-0.15, -0.1) is 0 Å². The Labute approximate surface area is 115 Å². The number of thiazole rings is 1. The van der Waals surface area contributed by atoms with Crippen molar-refractivity contribution in [2.45, 2.75) is 6.92 Å². The van der Waals surface area contributed by atoms with Crippen molar-refractivity contribution in [1.82, 2.24) is 15.0 Å². The van der Waals surface area contributed by atoms with E-state index < -0.39 is 0 Å². The van der Waals surface area contributed by atoms with Crippen LogP contribution in [0.25, 0.3) is 21.8 Å². The molecule has 3 rings (SSSR count). The van der Waals surface area contributed by atoms with E-state index in [1.807, 2.05) is 43.3 Å². The van der Waals surface area contributed by atoms with Crippen LogP contribution in [0.15, 0.2) is 42.6 Å². The first kappa shape index (κ1) is 11.8. The molecule has 0 amide bonds. The molecule has 0 aliphatic carbocycles. The molecule has 2 aromatic heterocycles. The maximum atomic E-state index is 5.67. The van der Waals surface area contributed by atoms with Gasteiger partial charge < -0.3 is 5.73 Å². The number of aromatic nitrogens is 3. The van der Waals surface area contributed by atoms with Gasteiger partial charge in [0.25, 0.3) is 0 Å². The first-order valence-electron chi connectivity index (χ1n) is 5.85. The van der Waals surface area contributed by atoms with E-state index in [1.165, 1.54) is 11.3 Å². The minimum absolute atomic E-state index is 0.549. The van der Waals surface area contributed by atoms with Crippen molar-refractivity contribution in [3.05, 3.63) is 48.4 Å². The lowest BCUT2D eigenvalue weighted by atomic mass is 10.1. The van der Waals surface area contributed by atoms with E-state index in [0.717, 1.165) is 27.7 Å². The van der Waals surface area contributed by atoms with E-state index in [2.05, 4.69) is 15.0 Å². The van der Waals surface area contributed by atoms with Crippen molar-refractivity contribution >= 4 is 16.5 Å². The fourth-order valence-corrected chi connectivity index (χ4v) is 2.50. The molecular weight excluding hydrogens is 256 g/mol. The predicted octanol–water partition coefficient (Wildman–Crippen LogP) is 3.16. The molecule has 0 atom stereocenters. The van der Waals surface area contributed by atoms with Crippen molar-refractivity contribution in [3.63, 3.8) is 0 Å². The summed E-state index contributed by atoms with van der Waals surface area (Å²) < 4.78 is 0. The molecule has 4 nitrogen and oxygen atoms in total. The molecule has 0 bridgehead atoms. The lowest BCUT2D eigenvalue weighted by Gasteiger charge is -2.04. The minimum Gasteiger partial charge on any atom is -0.375 e. The minimum atomic E-state index is 0.549. The van der Waals surface area contributed by atoms with Crippen molar-refractivity contribution < 1.29 is 0 Å². The van der Waals surface area contributed by atoms with E-state index in [9.17, 15) is 0 Å². The molecule has 19 heavy (non-hydrogen) atoms. The summed E-state index contributed by atoms with van der Waals surface area (Å²) in [6.07, 6.45) is 1.75. The smallest absolute Gasteiger partial charge is 0.180 e. The van der Waals surface area contributed by atoms with Crippen LogP contribution in [0.5, 0.6) is 0 Å². The quantitative estimate of drug-likeness (QED) is 0.775. The summed E-state index contributed by atoms with van der Waals surface area (Å²) in [6.45, 7) is 1.89. The molecule has 2 heterocycles. The second-order valence-electron chi connectivity index (χ2n) is 4.11. The number of nitrogens with two attached hydrogens (primary N) is 1. The van der Waals surface area contributed by atoms with Gasteiger partial charge in [-0.2, -0.15) is 0 Å². The second kappa shape index (κ2) is 4.78. The first-order valence-corrected chi connectivity index (χ1v) is 6.67. The van der Waals surface area contributed by atoms with Gasteiger partial charge >= 0.3 is 0 Å². The molecule has 0 aliphatic rings. The SMILES string of the molecule is Cc1nc(-c2ccccc2)cc(-c2cnc(N)s2)n1. The fourth-order valence-electron chi connectivity index (χ4n) is 1.86. The predicted molar refractivity (Wildman–Crippen MR) is 77.7 cm³/mol. The van der Waals surface area contributed by atoms with Gasteiger partial charge in [-0.3, -0.25) is 0 Å². The zero-order valence-electron chi connectivity index (χ0n) is 10.4. The Balaban J connectivity index is 2.11. The lowest BCUT2D eigenvalue weighted by Crippen LogP contribution is -1.93. The Bertz CT molecular complexity index is 706. The van der Waals surface area contributed by atoms with Crippen LogP contribution < -0.4 is 5.73 Å². The Morgan fingerprint density at radius 1 is 1.05 bits per heavy atom. The van der Waals surface area contributed by atoms with Gasteiger partial charge in [0.05, 0.1) is 16.3 Å². The number of benzene rings is 1. The van der Waals surface area contributed by atoms with Gasteiger partial charge in [0, 0.05) is 11.8 Å². The molecule has 94 valence electrons. The third-order valence-electron chi connectivity index (χ3n) is 2.68. The van der Waals surface area contributed by atoms with Gasteiger partial charge in [0.15, 0.2) is 5.13 Å². The Kier molecular flexibility index (Phi) is 2.97. The summed E-state index contributed by atoms with van der Waals surface area (Å²) in [4.78, 5) is 13.9. The van der Waals surface area contributed by atoms with Crippen LogP contribution in [0.2, 0.25) is 0 Å². The largest absolute Gasteiger partial charge is 0.375 e. The summed E-state index contributed by atoms with van der Waals surface area (Å²) in [5.74, 6) is 0.739. The number of hydrogen-bond donors (Lipinski definition) is 1. The number of hydrogen-bond acceptors (Lipinski definition) is 5. The molecule has 0 fully saturated rings. The summed E-state index contributed by atoms with van der Waals surface area (Å²) in [6, 6.07) is 12.0. The van der Waals surface area contributed by atoms with Crippen LogP contribution in [0.4, 0.5) is 5.13 Å². The summed E-state index contributed by atoms with van der Waals surface area (Å²) in [5, 5.41) is 0.549. The first-order chi connectivity index (χ1) is 9.22. The maximum Gasteiger partial charge on any atom is 0.180 e. The van der Waals surface area contributed by atoms with E-state index in [4.69, 9.17) is 5.73 Å². The molecule has 0 saturated heterocycles. The third kappa shape index (κ3) is 2.46. The van der Waals surface area contributed by atoms with Gasteiger partial charge in [-0.05, 0) is 13.0 Å². The molecular formula is C14H12N4S. The Hall–Kier alpha value is -2.27. The topological polar surface area (TPSA) is 64.7 Å². The molecule has 1 aromatic carbocycles. The molecule has 0 unspecified atom stereocenters. The van der Waals surface area contributed by atoms with E-state index in [1.54, 1.807) is 6.20 Å². The van der Waals surface area contributed by atoms with E-state index in [-0.39, 0.29) is 0 Å². The zero-order chi connectivity index (χ0) is 13.2. The summed E-state index contributed by atoms with van der Waals surface area (Å²) >= 11 is 1.43. The standard InChI is InChI=1S/C14H12N4S/c1-9-17-11(10-5-3-2-4-6-10)7-12(18-9)13-8-16-14(15)19-13/h2-8H,1H3,(H2,15,16). The average molecular weight is 268 g/mol. The van der Waals surface area contributed by atoms with Crippen LogP contribution in [0.3, 0.4) is 0 Å². The van der Waals surface area contributed by atoms with Crippen LogP contribution in [0, 0.1) is 6.92 Å². The third-order valence-corrected chi connectivity index (χ3v) is 3.53. The van der Waals surface area contributed by atoms with Crippen molar-refractivity contribution in [1.29, 1.82) is 0 Å². The van der Waals surface area contributed by atoms with Gasteiger partial charge in [0.2, 0.25) is 0 Å². The molecule has 3 aromatic rings. The molecule has 0 radical (unpaired) electrons. The van der Waals surface area contributed by atoms with Crippen LogP contribution >= 0.6 is 11.3 Å². The summed E-state index contributed by atoms with van der Waals surface area (Å²) in [5.41, 5.74) is 8.52. The van der Waals surface area contributed by atoms with Crippen LogP contribution in [0.1, 0.15) is 5.82 Å². The number of nitrogen functional groups attached to an aromatic ring is 1. The average Bonchev–Trinajstić information content (AvgIpc) is 2.86. The monoisotopic (exact) mass is 268 g/mol. The lowest BCUT2D eigenvalue weighted by molar-refractivity contribution is 1.06. The number of anilines is 1. The number of rotatable bonds is 2. The fraction of sp³-hybridized carbons (Fsp3) is 0.0714. The highest BCUT2D eigenvalue weighted by molar-refractivity contribution is 7.18. The van der Waals surface area contributed by atoms with E-state index in [0.29, 0.717) is 5.13 Å². The Morgan fingerprint density at radius 2 is 1.79 bits per heavy atom. The highest BCUT2D eigenvalue weighted by Crippen LogP contribution is 2.28. The number of nitrogens with zero attached hydrogens (tertiary/aromatic N) is 3. The van der Waals surface area contributed by atoms with Crippen LogP contribution in [-0.4, -0.2) is 15.0 Å². The van der Waals surface area contributed by atoms with Crippen LogP contribution in [-0.2, 0) is 0 Å². The summed E-state index contributed by atoms with van der Waals surface area (Å²) in [7, 11) is 0. The van der Waals surface area contributed by atoms with Gasteiger partial charge in [-0.1, -0.05) is 41.7 Å². The van der Waals surface area contributed by atoms with Gasteiger partial charge in [-0.25, -0.2) is 15.0 Å². The van der Waals surface area contributed by atoms with Crippen molar-refractivity contribution in [2.24, 2.45) is 0 Å². The molecule has 0 aliphatic heterocycles. The molecule has 2 N–H and O–H groups in total. The molecule has 0 saturated carbocycles. The molecule has 0 spiro atoms. The highest BCUT2D eigenvalue weighted by atomic mass is 32.1.